The van der Waals surface area contributed by atoms with E-state index in [0.717, 1.165) is 17.6 Å². The fraction of sp³-hybridized carbons (Fsp3) is 0.227. The van der Waals surface area contributed by atoms with Crippen LogP contribution in [0, 0.1) is 0 Å². The Morgan fingerprint density at radius 1 is 0.667 bits per heavy atom. The summed E-state index contributed by atoms with van der Waals surface area (Å²) in [6.45, 7) is 2.28. The number of aromatic nitrogens is 1. The molecule has 2 heterocycles. The lowest BCUT2D eigenvalue weighted by molar-refractivity contribution is 0.290. The molecule has 1 aliphatic heterocycles. The number of hydrogen-bond acceptors (Lipinski definition) is 1. The molecule has 0 spiro atoms. The molecule has 120 valence electrons. The lowest BCUT2D eigenvalue weighted by Crippen LogP contribution is -2.49. The zero-order valence-electron chi connectivity index (χ0n) is 13.9. The van der Waals surface area contributed by atoms with E-state index in [0.29, 0.717) is 5.92 Å². The van der Waals surface area contributed by atoms with Gasteiger partial charge in [-0.3, -0.25) is 9.47 Å². The van der Waals surface area contributed by atoms with Crippen LogP contribution >= 0.6 is 0 Å². The SMILES string of the molecule is c1ccc([N+]2(c3ccccc3)CCC(c3ccncc3)CC2)cc1. The summed E-state index contributed by atoms with van der Waals surface area (Å²) in [5.41, 5.74) is 4.23. The highest BCUT2D eigenvalue weighted by atomic mass is 15.4. The fourth-order valence-electron chi connectivity index (χ4n) is 4.07. The number of pyridine rings is 1. The van der Waals surface area contributed by atoms with Gasteiger partial charge in [0.25, 0.3) is 0 Å². The summed E-state index contributed by atoms with van der Waals surface area (Å²) < 4.78 is 0.962. The Morgan fingerprint density at radius 3 is 1.67 bits per heavy atom. The first-order chi connectivity index (χ1) is 11.9. The summed E-state index contributed by atoms with van der Waals surface area (Å²) in [5, 5.41) is 0. The molecule has 0 radical (unpaired) electrons. The minimum atomic E-state index is 0.645. The Bertz CT molecular complexity index is 719. The van der Waals surface area contributed by atoms with Crippen LogP contribution in [-0.2, 0) is 0 Å². The normalized spacial score (nSPS) is 17.5. The van der Waals surface area contributed by atoms with Gasteiger partial charge in [0, 0.05) is 25.2 Å². The zero-order chi connectivity index (χ0) is 16.2. The molecule has 0 bridgehead atoms. The minimum Gasteiger partial charge on any atom is -0.265 e. The fourth-order valence-corrected chi connectivity index (χ4v) is 4.07. The van der Waals surface area contributed by atoms with Crippen molar-refractivity contribution in [2.24, 2.45) is 0 Å². The molecule has 2 heteroatoms. The van der Waals surface area contributed by atoms with Crippen LogP contribution in [0.3, 0.4) is 0 Å². The van der Waals surface area contributed by atoms with Crippen LogP contribution < -0.4 is 4.48 Å². The van der Waals surface area contributed by atoms with Crippen molar-refractivity contribution in [3.63, 3.8) is 0 Å². The molecule has 0 atom stereocenters. The average molecular weight is 315 g/mol. The molecular formula is C22H23N2+. The zero-order valence-corrected chi connectivity index (χ0v) is 13.9. The smallest absolute Gasteiger partial charge is 0.137 e. The largest absolute Gasteiger partial charge is 0.265 e. The van der Waals surface area contributed by atoms with Gasteiger partial charge in [0.1, 0.15) is 11.4 Å². The van der Waals surface area contributed by atoms with E-state index < -0.39 is 0 Å². The van der Waals surface area contributed by atoms with Gasteiger partial charge in [0.2, 0.25) is 0 Å². The number of para-hydroxylation sites is 2. The van der Waals surface area contributed by atoms with Gasteiger partial charge in [-0.2, -0.15) is 0 Å². The van der Waals surface area contributed by atoms with Gasteiger partial charge in [-0.05, 0) is 47.9 Å². The summed E-state index contributed by atoms with van der Waals surface area (Å²) in [6, 6.07) is 26.3. The van der Waals surface area contributed by atoms with Gasteiger partial charge >= 0.3 is 0 Å². The molecule has 0 N–H and O–H groups in total. The first kappa shape index (κ1) is 15.1. The molecule has 3 aromatic rings. The minimum absolute atomic E-state index is 0.645. The Labute approximate surface area is 144 Å². The predicted octanol–water partition coefficient (Wildman–Crippen LogP) is 5.30. The molecule has 2 aromatic carbocycles. The van der Waals surface area contributed by atoms with Crippen molar-refractivity contribution >= 4 is 11.4 Å². The lowest BCUT2D eigenvalue weighted by atomic mass is 9.88. The van der Waals surface area contributed by atoms with Crippen molar-refractivity contribution in [2.75, 3.05) is 13.1 Å². The van der Waals surface area contributed by atoms with E-state index in [1.807, 2.05) is 12.4 Å². The molecule has 0 amide bonds. The van der Waals surface area contributed by atoms with Gasteiger partial charge in [-0.1, -0.05) is 36.4 Å². The third kappa shape index (κ3) is 2.74. The predicted molar refractivity (Wildman–Crippen MR) is 100 cm³/mol. The van der Waals surface area contributed by atoms with Crippen molar-refractivity contribution in [2.45, 2.75) is 18.8 Å². The monoisotopic (exact) mass is 315 g/mol. The van der Waals surface area contributed by atoms with Crippen molar-refractivity contribution in [1.82, 2.24) is 9.47 Å². The topological polar surface area (TPSA) is 12.9 Å². The highest BCUT2D eigenvalue weighted by molar-refractivity contribution is 5.58. The van der Waals surface area contributed by atoms with Crippen LogP contribution in [0.1, 0.15) is 24.3 Å². The molecule has 1 saturated heterocycles. The molecule has 4 rings (SSSR count). The molecule has 0 saturated carbocycles. The first-order valence-electron chi connectivity index (χ1n) is 8.77. The second-order valence-electron chi connectivity index (χ2n) is 6.64. The van der Waals surface area contributed by atoms with Gasteiger partial charge in [-0.25, -0.2) is 0 Å². The summed E-state index contributed by atoms with van der Waals surface area (Å²) >= 11 is 0. The van der Waals surface area contributed by atoms with Crippen LogP contribution in [0.25, 0.3) is 0 Å². The second-order valence-corrected chi connectivity index (χ2v) is 6.64. The van der Waals surface area contributed by atoms with Crippen molar-refractivity contribution in [1.29, 1.82) is 0 Å². The van der Waals surface area contributed by atoms with Gasteiger partial charge in [0.05, 0.1) is 13.1 Å². The van der Waals surface area contributed by atoms with E-state index in [4.69, 9.17) is 0 Å². The van der Waals surface area contributed by atoms with Gasteiger partial charge in [-0.15, -0.1) is 0 Å². The van der Waals surface area contributed by atoms with E-state index in [1.54, 1.807) is 0 Å². The average Bonchev–Trinajstić information content (AvgIpc) is 2.70. The molecule has 2 nitrogen and oxygen atoms in total. The summed E-state index contributed by atoms with van der Waals surface area (Å²) in [6.07, 6.45) is 6.24. The molecule has 1 aliphatic rings. The van der Waals surface area contributed by atoms with Crippen LogP contribution in [0.15, 0.2) is 85.2 Å². The highest BCUT2D eigenvalue weighted by Gasteiger charge is 2.38. The first-order valence-corrected chi connectivity index (χ1v) is 8.77. The standard InChI is InChI=1S/C22H23N2/c1-3-7-21(8-4-1)24(22-9-5-2-6-10-22)17-13-20(14-18-24)19-11-15-23-16-12-19/h1-12,15-16,20H,13-14,17-18H2/q+1. The third-order valence-electron chi connectivity index (χ3n) is 5.40. The van der Waals surface area contributed by atoms with Crippen molar-refractivity contribution in [3.05, 3.63) is 90.8 Å². The van der Waals surface area contributed by atoms with Crippen LogP contribution in [0.5, 0.6) is 0 Å². The van der Waals surface area contributed by atoms with Crippen molar-refractivity contribution < 1.29 is 0 Å². The Morgan fingerprint density at radius 2 is 1.17 bits per heavy atom. The van der Waals surface area contributed by atoms with E-state index in [2.05, 4.69) is 77.8 Å². The summed E-state index contributed by atoms with van der Waals surface area (Å²) in [4.78, 5) is 4.16. The molecule has 0 aliphatic carbocycles. The van der Waals surface area contributed by atoms with Gasteiger partial charge < -0.3 is 0 Å². The lowest BCUT2D eigenvalue weighted by Gasteiger charge is -2.43. The Kier molecular flexibility index (Phi) is 4.14. The number of benzene rings is 2. The molecule has 24 heavy (non-hydrogen) atoms. The van der Waals surface area contributed by atoms with Crippen LogP contribution in [0.2, 0.25) is 0 Å². The third-order valence-corrected chi connectivity index (χ3v) is 5.40. The maximum absolute atomic E-state index is 4.16. The molecule has 0 unspecified atom stereocenters. The molecule has 1 fully saturated rings. The quantitative estimate of drug-likeness (QED) is 0.598. The maximum Gasteiger partial charge on any atom is 0.137 e. The number of rotatable bonds is 3. The Hall–Kier alpha value is -2.45. The number of nitrogens with zero attached hydrogens (tertiary/aromatic N) is 2. The summed E-state index contributed by atoms with van der Waals surface area (Å²) in [7, 11) is 0. The molecular weight excluding hydrogens is 292 g/mol. The van der Waals surface area contributed by atoms with E-state index in [9.17, 15) is 0 Å². The summed E-state index contributed by atoms with van der Waals surface area (Å²) in [5.74, 6) is 0.645. The van der Waals surface area contributed by atoms with E-state index >= 15 is 0 Å². The van der Waals surface area contributed by atoms with E-state index in [-0.39, 0.29) is 0 Å². The van der Waals surface area contributed by atoms with Crippen LogP contribution in [0.4, 0.5) is 11.4 Å². The maximum atomic E-state index is 4.16. The number of hydrogen-bond donors (Lipinski definition) is 0. The Balaban J connectivity index is 1.67. The second kappa shape index (κ2) is 6.58. The van der Waals surface area contributed by atoms with Crippen molar-refractivity contribution in [3.8, 4) is 0 Å². The number of quaternary nitrogens is 1. The van der Waals surface area contributed by atoms with E-state index in [1.165, 1.54) is 29.8 Å². The highest BCUT2D eigenvalue weighted by Crippen LogP contribution is 2.41. The molecule has 1 aromatic heterocycles. The number of piperidine rings is 1. The van der Waals surface area contributed by atoms with Crippen LogP contribution in [-0.4, -0.2) is 18.1 Å². The van der Waals surface area contributed by atoms with Gasteiger partial charge in [0.15, 0.2) is 0 Å².